The Kier molecular flexibility index (Phi) is 4.31. The normalized spacial score (nSPS) is 11.9. The minimum absolute atomic E-state index is 0.171. The third kappa shape index (κ3) is 3.66. The number of amides is 1. The Hall–Kier alpha value is -2.13. The number of hydrogen-bond donors (Lipinski definition) is 2. The predicted octanol–water partition coefficient (Wildman–Crippen LogP) is 2.46. The lowest BCUT2D eigenvalue weighted by molar-refractivity contribution is 0.0916. The van der Waals surface area contributed by atoms with Crippen LogP contribution >= 0.6 is 0 Å². The van der Waals surface area contributed by atoms with Gasteiger partial charge in [-0.1, -0.05) is 48.0 Å². The average molecular weight is 255 g/mol. The highest BCUT2D eigenvalue weighted by Gasteiger charge is 2.10. The second-order valence-corrected chi connectivity index (χ2v) is 4.50. The van der Waals surface area contributed by atoms with Gasteiger partial charge in [0, 0.05) is 12.1 Å². The van der Waals surface area contributed by atoms with Crippen LogP contribution in [0.1, 0.15) is 27.6 Å². The summed E-state index contributed by atoms with van der Waals surface area (Å²) in [7, 11) is 0. The number of aliphatic hydroxyl groups is 1. The van der Waals surface area contributed by atoms with Gasteiger partial charge in [0.15, 0.2) is 0 Å². The van der Waals surface area contributed by atoms with E-state index in [-0.39, 0.29) is 12.5 Å². The monoisotopic (exact) mass is 255 g/mol. The summed E-state index contributed by atoms with van der Waals surface area (Å²) >= 11 is 0. The van der Waals surface area contributed by atoms with Gasteiger partial charge in [-0.3, -0.25) is 4.79 Å². The largest absolute Gasteiger partial charge is 0.387 e. The highest BCUT2D eigenvalue weighted by atomic mass is 16.3. The van der Waals surface area contributed by atoms with E-state index >= 15 is 0 Å². The predicted molar refractivity (Wildman–Crippen MR) is 74.9 cm³/mol. The van der Waals surface area contributed by atoms with Crippen LogP contribution in [-0.4, -0.2) is 17.6 Å². The van der Waals surface area contributed by atoms with E-state index in [9.17, 15) is 9.90 Å². The van der Waals surface area contributed by atoms with Gasteiger partial charge < -0.3 is 10.4 Å². The Morgan fingerprint density at radius 3 is 2.37 bits per heavy atom. The summed E-state index contributed by atoms with van der Waals surface area (Å²) in [5.41, 5.74) is 2.51. The van der Waals surface area contributed by atoms with Crippen molar-refractivity contribution in [1.29, 1.82) is 0 Å². The topological polar surface area (TPSA) is 49.3 Å². The lowest BCUT2D eigenvalue weighted by Crippen LogP contribution is -2.28. The molecule has 0 unspecified atom stereocenters. The van der Waals surface area contributed by atoms with Gasteiger partial charge in [-0.15, -0.1) is 0 Å². The third-order valence-electron chi connectivity index (χ3n) is 2.95. The first-order valence-electron chi connectivity index (χ1n) is 6.24. The molecule has 2 N–H and O–H groups in total. The molecule has 2 aromatic carbocycles. The SMILES string of the molecule is Cc1ccc(C(=O)NC[C@@H](O)c2ccccc2)cc1. The molecular formula is C16H17NO2. The number of benzene rings is 2. The van der Waals surface area contributed by atoms with Crippen molar-refractivity contribution in [2.24, 2.45) is 0 Å². The molecule has 0 aliphatic carbocycles. The van der Waals surface area contributed by atoms with Crippen LogP contribution in [0.25, 0.3) is 0 Å². The molecule has 0 saturated carbocycles. The first-order valence-corrected chi connectivity index (χ1v) is 6.24. The zero-order chi connectivity index (χ0) is 13.7. The van der Waals surface area contributed by atoms with Crippen molar-refractivity contribution in [3.63, 3.8) is 0 Å². The van der Waals surface area contributed by atoms with E-state index in [4.69, 9.17) is 0 Å². The van der Waals surface area contributed by atoms with Gasteiger partial charge in [-0.05, 0) is 24.6 Å². The number of carbonyl (C=O) groups excluding carboxylic acids is 1. The fourth-order valence-electron chi connectivity index (χ4n) is 1.79. The first-order chi connectivity index (χ1) is 9.16. The minimum atomic E-state index is -0.685. The number of aliphatic hydroxyl groups excluding tert-OH is 1. The van der Waals surface area contributed by atoms with E-state index in [1.807, 2.05) is 49.4 Å². The second-order valence-electron chi connectivity index (χ2n) is 4.50. The maximum absolute atomic E-state index is 11.9. The lowest BCUT2D eigenvalue weighted by Gasteiger charge is -2.12. The van der Waals surface area contributed by atoms with Crippen LogP contribution in [0, 0.1) is 6.92 Å². The first kappa shape index (κ1) is 13.3. The molecule has 3 nitrogen and oxygen atoms in total. The summed E-state index contributed by atoms with van der Waals surface area (Å²) in [6.45, 7) is 2.18. The number of aryl methyl sites for hydroxylation is 1. The number of hydrogen-bond acceptors (Lipinski definition) is 2. The molecule has 19 heavy (non-hydrogen) atoms. The molecule has 2 aromatic rings. The Morgan fingerprint density at radius 2 is 1.74 bits per heavy atom. The summed E-state index contributed by atoms with van der Waals surface area (Å²) in [5, 5.41) is 12.7. The van der Waals surface area contributed by atoms with Crippen molar-refractivity contribution in [2.45, 2.75) is 13.0 Å². The summed E-state index contributed by atoms with van der Waals surface area (Å²) in [6.07, 6.45) is -0.685. The molecule has 0 saturated heterocycles. The van der Waals surface area contributed by atoms with E-state index in [2.05, 4.69) is 5.32 Å². The Labute approximate surface area is 112 Å². The molecule has 0 heterocycles. The van der Waals surface area contributed by atoms with Crippen molar-refractivity contribution in [3.05, 3.63) is 71.3 Å². The molecule has 2 rings (SSSR count). The van der Waals surface area contributed by atoms with Crippen LogP contribution in [-0.2, 0) is 0 Å². The van der Waals surface area contributed by atoms with Crippen LogP contribution in [0.15, 0.2) is 54.6 Å². The third-order valence-corrected chi connectivity index (χ3v) is 2.95. The van der Waals surface area contributed by atoms with Gasteiger partial charge in [0.25, 0.3) is 5.91 Å². The average Bonchev–Trinajstić information content (AvgIpc) is 2.46. The molecule has 98 valence electrons. The summed E-state index contributed by atoms with van der Waals surface area (Å²) in [6, 6.07) is 16.6. The lowest BCUT2D eigenvalue weighted by atomic mass is 10.1. The van der Waals surface area contributed by atoms with Crippen LogP contribution in [0.5, 0.6) is 0 Å². The number of carbonyl (C=O) groups is 1. The van der Waals surface area contributed by atoms with Crippen molar-refractivity contribution >= 4 is 5.91 Å². The Balaban J connectivity index is 1.92. The van der Waals surface area contributed by atoms with Gasteiger partial charge in [0.05, 0.1) is 6.10 Å². The fraction of sp³-hybridized carbons (Fsp3) is 0.188. The molecule has 0 aliphatic rings. The number of rotatable bonds is 4. The summed E-state index contributed by atoms with van der Waals surface area (Å²) in [4.78, 5) is 11.9. The van der Waals surface area contributed by atoms with Crippen LogP contribution < -0.4 is 5.32 Å². The van der Waals surface area contributed by atoms with E-state index < -0.39 is 6.10 Å². The van der Waals surface area contributed by atoms with Gasteiger partial charge >= 0.3 is 0 Å². The molecule has 0 bridgehead atoms. The molecule has 3 heteroatoms. The summed E-state index contributed by atoms with van der Waals surface area (Å²) in [5.74, 6) is -0.171. The van der Waals surface area contributed by atoms with E-state index in [0.29, 0.717) is 5.56 Å². The van der Waals surface area contributed by atoms with E-state index in [1.165, 1.54) is 0 Å². The fourth-order valence-corrected chi connectivity index (χ4v) is 1.79. The van der Waals surface area contributed by atoms with Gasteiger partial charge in [-0.25, -0.2) is 0 Å². The zero-order valence-electron chi connectivity index (χ0n) is 10.8. The Morgan fingerprint density at radius 1 is 1.11 bits per heavy atom. The van der Waals surface area contributed by atoms with Gasteiger partial charge in [0.2, 0.25) is 0 Å². The van der Waals surface area contributed by atoms with Gasteiger partial charge in [-0.2, -0.15) is 0 Å². The molecule has 0 fully saturated rings. The summed E-state index contributed by atoms with van der Waals surface area (Å²) < 4.78 is 0. The molecule has 1 amide bonds. The van der Waals surface area contributed by atoms with Crippen molar-refractivity contribution in [3.8, 4) is 0 Å². The highest BCUT2D eigenvalue weighted by Crippen LogP contribution is 2.11. The Bertz CT molecular complexity index is 534. The second kappa shape index (κ2) is 6.16. The molecule has 0 radical (unpaired) electrons. The number of nitrogens with one attached hydrogen (secondary N) is 1. The van der Waals surface area contributed by atoms with E-state index in [0.717, 1.165) is 11.1 Å². The standard InChI is InChI=1S/C16H17NO2/c1-12-7-9-14(10-8-12)16(19)17-11-15(18)13-5-3-2-4-6-13/h2-10,15,18H,11H2,1H3,(H,17,19)/t15-/m1/s1. The molecule has 0 aliphatic heterocycles. The van der Waals surface area contributed by atoms with Crippen LogP contribution in [0.4, 0.5) is 0 Å². The van der Waals surface area contributed by atoms with E-state index in [1.54, 1.807) is 12.1 Å². The minimum Gasteiger partial charge on any atom is -0.387 e. The van der Waals surface area contributed by atoms with Crippen molar-refractivity contribution < 1.29 is 9.90 Å². The van der Waals surface area contributed by atoms with Gasteiger partial charge in [0.1, 0.15) is 0 Å². The quantitative estimate of drug-likeness (QED) is 0.881. The zero-order valence-corrected chi connectivity index (χ0v) is 10.8. The molecular weight excluding hydrogens is 238 g/mol. The van der Waals surface area contributed by atoms with Crippen molar-refractivity contribution in [1.82, 2.24) is 5.32 Å². The van der Waals surface area contributed by atoms with Crippen molar-refractivity contribution in [2.75, 3.05) is 6.54 Å². The maximum Gasteiger partial charge on any atom is 0.251 e. The molecule has 0 spiro atoms. The van der Waals surface area contributed by atoms with Crippen LogP contribution in [0.2, 0.25) is 0 Å². The molecule has 1 atom stereocenters. The van der Waals surface area contributed by atoms with Crippen LogP contribution in [0.3, 0.4) is 0 Å². The smallest absolute Gasteiger partial charge is 0.251 e. The maximum atomic E-state index is 11.9. The highest BCUT2D eigenvalue weighted by molar-refractivity contribution is 5.94. The molecule has 0 aromatic heterocycles.